The van der Waals surface area contributed by atoms with Crippen molar-refractivity contribution in [1.29, 1.82) is 0 Å². The van der Waals surface area contributed by atoms with Gasteiger partial charge in [0.2, 0.25) is 17.1 Å². The second-order valence-electron chi connectivity index (χ2n) is 6.55. The summed E-state index contributed by atoms with van der Waals surface area (Å²) in [5.74, 6) is -1.10. The fourth-order valence-corrected chi connectivity index (χ4v) is 3.69. The predicted octanol–water partition coefficient (Wildman–Crippen LogP) is 2.87. The predicted molar refractivity (Wildman–Crippen MR) is 109 cm³/mol. The van der Waals surface area contributed by atoms with Crippen molar-refractivity contribution in [1.82, 2.24) is 5.32 Å². The molecule has 3 rings (SSSR count). The number of rotatable bonds is 5. The van der Waals surface area contributed by atoms with Crippen molar-refractivity contribution < 1.29 is 32.0 Å². The molecule has 7 heteroatoms. The number of fused-ring (bicyclic) bond motifs is 3. The van der Waals surface area contributed by atoms with Crippen molar-refractivity contribution in [2.24, 2.45) is 0 Å². The first-order chi connectivity index (χ1) is 16.2. The molecule has 29 heavy (non-hydrogen) atoms. The van der Waals surface area contributed by atoms with Crippen LogP contribution < -0.4 is 29.7 Å². The van der Waals surface area contributed by atoms with Crippen LogP contribution in [0.4, 0.5) is 0 Å². The number of carbonyl (C=O) groups is 1. The molecule has 2 aromatic rings. The lowest BCUT2D eigenvalue weighted by atomic mass is 9.95. The Morgan fingerprint density at radius 2 is 1.86 bits per heavy atom. The molecule has 0 aromatic heterocycles. The van der Waals surface area contributed by atoms with Crippen LogP contribution in [0, 0.1) is 0 Å². The summed E-state index contributed by atoms with van der Waals surface area (Å²) in [5.41, 5.74) is 1.41. The molecule has 0 saturated heterocycles. The van der Waals surface area contributed by atoms with Crippen molar-refractivity contribution >= 4 is 5.91 Å². The van der Waals surface area contributed by atoms with Crippen LogP contribution in [-0.2, 0) is 11.2 Å². The van der Waals surface area contributed by atoms with E-state index in [9.17, 15) is 9.59 Å². The Labute approximate surface area is 178 Å². The lowest BCUT2D eigenvalue weighted by molar-refractivity contribution is -0.119. The van der Waals surface area contributed by atoms with Gasteiger partial charge in [-0.15, -0.1) is 0 Å². The summed E-state index contributed by atoms with van der Waals surface area (Å²) in [6.07, 6.45) is 0.660. The highest BCUT2D eigenvalue weighted by Crippen LogP contribution is 2.50. The van der Waals surface area contributed by atoms with Crippen LogP contribution in [0.5, 0.6) is 23.0 Å². The second-order valence-corrected chi connectivity index (χ2v) is 6.55. The topological polar surface area (TPSA) is 83.1 Å². The molecule has 1 N–H and O–H groups in total. The Morgan fingerprint density at radius 1 is 1.07 bits per heavy atom. The van der Waals surface area contributed by atoms with Crippen molar-refractivity contribution in [3.05, 3.63) is 45.6 Å². The molecule has 1 aliphatic carbocycles. The molecule has 0 aliphatic heterocycles. The number of hydrogen-bond donors (Lipinski definition) is 1. The molecule has 2 aromatic carbocycles. The third-order valence-electron chi connectivity index (χ3n) is 4.89. The molecule has 154 valence electrons. The largest absolute Gasteiger partial charge is 0.493 e. The molecule has 0 saturated carbocycles. The molecule has 1 atom stereocenters. The zero-order valence-electron chi connectivity index (χ0n) is 22.3. The summed E-state index contributed by atoms with van der Waals surface area (Å²) >= 11 is 0. The molecular formula is C22H25NO6. The molecule has 0 bridgehead atoms. The van der Waals surface area contributed by atoms with Crippen molar-refractivity contribution in [2.75, 3.05) is 28.3 Å². The maximum atomic E-state index is 12.7. The van der Waals surface area contributed by atoms with Crippen LogP contribution in [0.3, 0.4) is 0 Å². The molecular weight excluding hydrogens is 374 g/mol. The number of ether oxygens (including phenoxy) is 4. The smallest absolute Gasteiger partial charge is 0.220 e. The zero-order chi connectivity index (χ0) is 26.1. The number of carbonyl (C=O) groups excluding carboxylic acids is 1. The van der Waals surface area contributed by atoms with Gasteiger partial charge < -0.3 is 24.3 Å². The van der Waals surface area contributed by atoms with Gasteiger partial charge in [-0.2, -0.15) is 0 Å². The third-order valence-corrected chi connectivity index (χ3v) is 4.89. The third kappa shape index (κ3) is 3.72. The van der Waals surface area contributed by atoms with E-state index in [1.807, 2.05) is 0 Å². The molecule has 0 unspecified atom stereocenters. The maximum absolute atomic E-state index is 12.7. The number of hydrogen-bond acceptors (Lipinski definition) is 6. The van der Waals surface area contributed by atoms with Crippen LogP contribution in [0.15, 0.2) is 29.1 Å². The molecule has 1 aliphatic rings. The highest BCUT2D eigenvalue weighted by atomic mass is 16.5. The molecule has 0 heterocycles. The first-order valence-corrected chi connectivity index (χ1v) is 8.85. The Hall–Kier alpha value is -3.22. The van der Waals surface area contributed by atoms with Gasteiger partial charge in [0.05, 0.1) is 42.6 Å². The molecule has 0 radical (unpaired) electrons. The lowest BCUT2D eigenvalue weighted by Gasteiger charge is -2.19. The Morgan fingerprint density at radius 3 is 2.52 bits per heavy atom. The summed E-state index contributed by atoms with van der Waals surface area (Å²) in [4.78, 5) is 24.7. The van der Waals surface area contributed by atoms with Gasteiger partial charge in [-0.25, -0.2) is 0 Å². The van der Waals surface area contributed by atoms with Gasteiger partial charge in [-0.1, -0.05) is 6.07 Å². The van der Waals surface area contributed by atoms with Gasteiger partial charge in [0.15, 0.2) is 17.2 Å². The van der Waals surface area contributed by atoms with Gasteiger partial charge >= 0.3 is 0 Å². The molecule has 0 spiro atoms. The second kappa shape index (κ2) is 8.43. The minimum absolute atomic E-state index is 0.0569. The Balaban J connectivity index is 2.43. The normalized spacial score (nSPS) is 18.7. The first-order valence-electron chi connectivity index (χ1n) is 11.9. The average Bonchev–Trinajstić information content (AvgIpc) is 2.95. The number of aryl methyl sites for hydroxylation is 1. The lowest BCUT2D eigenvalue weighted by Crippen LogP contribution is -2.26. The van der Waals surface area contributed by atoms with E-state index >= 15 is 0 Å². The highest BCUT2D eigenvalue weighted by Gasteiger charge is 2.29. The fourth-order valence-electron chi connectivity index (χ4n) is 3.69. The number of benzene rings is 1. The van der Waals surface area contributed by atoms with Crippen LogP contribution in [-0.4, -0.2) is 34.2 Å². The van der Waals surface area contributed by atoms with E-state index in [2.05, 4.69) is 5.32 Å². The van der Waals surface area contributed by atoms with E-state index in [1.54, 1.807) is 6.07 Å². The number of methoxy groups -OCH3 is 4. The quantitative estimate of drug-likeness (QED) is 0.824. The standard InChI is InChI=1S/C22H25NO6/c1-12(24)23-16-8-6-13-10-19(27-3)21(28-4)22(29-5)20(13)14-7-9-18(26-2)17(25)11-15(14)16/h7,9-11,16H,6,8H2,1-5H3,(H,23,24)/t16-/m0/s1/i3D3,4D3. The van der Waals surface area contributed by atoms with Crippen LogP contribution in [0.25, 0.3) is 11.1 Å². The summed E-state index contributed by atoms with van der Waals surface area (Å²) < 4.78 is 66.2. The molecule has 7 nitrogen and oxygen atoms in total. The van der Waals surface area contributed by atoms with Gasteiger partial charge in [0.25, 0.3) is 0 Å². The zero-order valence-corrected chi connectivity index (χ0v) is 16.3. The fraction of sp³-hybridized carbons (Fsp3) is 0.364. The van der Waals surface area contributed by atoms with Crippen LogP contribution in [0.2, 0.25) is 0 Å². The van der Waals surface area contributed by atoms with E-state index in [0.717, 1.165) is 0 Å². The van der Waals surface area contributed by atoms with E-state index in [-0.39, 0.29) is 23.2 Å². The van der Waals surface area contributed by atoms with E-state index in [1.165, 1.54) is 39.3 Å². The van der Waals surface area contributed by atoms with Gasteiger partial charge in [0, 0.05) is 12.5 Å². The van der Waals surface area contributed by atoms with Gasteiger partial charge in [0.1, 0.15) is 0 Å². The summed E-state index contributed by atoms with van der Waals surface area (Å²) in [6.45, 7) is 1.35. The Kier molecular flexibility index (Phi) is 4.03. The number of amides is 1. The van der Waals surface area contributed by atoms with Crippen molar-refractivity contribution in [2.45, 2.75) is 25.8 Å². The average molecular weight is 405 g/mol. The molecule has 0 fully saturated rings. The van der Waals surface area contributed by atoms with Crippen LogP contribution in [0.1, 0.15) is 38.7 Å². The summed E-state index contributed by atoms with van der Waals surface area (Å²) in [7, 11) is -3.22. The van der Waals surface area contributed by atoms with E-state index in [4.69, 9.17) is 27.2 Å². The van der Waals surface area contributed by atoms with Crippen molar-refractivity contribution in [3.8, 4) is 34.1 Å². The minimum Gasteiger partial charge on any atom is -0.493 e. The van der Waals surface area contributed by atoms with Gasteiger partial charge in [-0.3, -0.25) is 9.59 Å². The SMILES string of the molecule is [2H]C([2H])([2H])Oc1cc2c(c(OC)c1OC([2H])([2H])[2H])-c1ccc(OC)c(=O)cc1[C@@H](NC(C)=O)CC2. The van der Waals surface area contributed by atoms with E-state index in [0.29, 0.717) is 35.1 Å². The highest BCUT2D eigenvalue weighted by molar-refractivity contribution is 5.83. The maximum Gasteiger partial charge on any atom is 0.220 e. The monoisotopic (exact) mass is 405 g/mol. The van der Waals surface area contributed by atoms with Crippen LogP contribution >= 0.6 is 0 Å². The van der Waals surface area contributed by atoms with Crippen molar-refractivity contribution in [3.63, 3.8) is 0 Å². The summed E-state index contributed by atoms with van der Waals surface area (Å²) in [6, 6.07) is 5.20. The van der Waals surface area contributed by atoms with Gasteiger partial charge in [-0.05, 0) is 47.7 Å². The van der Waals surface area contributed by atoms with E-state index < -0.39 is 31.3 Å². The Bertz CT molecular complexity index is 1190. The summed E-state index contributed by atoms with van der Waals surface area (Å²) in [5, 5.41) is 2.83. The number of nitrogens with one attached hydrogen (secondary N) is 1. The minimum atomic E-state index is -2.95. The molecule has 1 amide bonds. The first kappa shape index (κ1) is 13.9.